The number of hydrogen-bond donors (Lipinski definition) is 3. The van der Waals surface area contributed by atoms with Crippen molar-refractivity contribution in [1.82, 2.24) is 15.5 Å². The number of primary amides is 1. The molecule has 1 aromatic heterocycles. The quantitative estimate of drug-likeness (QED) is 0.756. The number of nitrogens with zero attached hydrogens (tertiary/aromatic N) is 1. The first-order valence-corrected chi connectivity index (χ1v) is 8.81. The number of H-pyrrole nitrogens is 1. The van der Waals surface area contributed by atoms with Crippen molar-refractivity contribution in [1.29, 1.82) is 0 Å². The molecule has 2 heterocycles. The number of carbonyl (C=O) groups is 2. The monoisotopic (exact) mass is 380 g/mol. The number of aromatic amines is 1. The topological polar surface area (TPSA) is 110 Å². The van der Waals surface area contributed by atoms with Crippen molar-refractivity contribution in [2.24, 2.45) is 5.73 Å². The van der Waals surface area contributed by atoms with Gasteiger partial charge in [0.25, 0.3) is 5.91 Å². The molecule has 0 atom stereocenters. The first-order chi connectivity index (χ1) is 12.6. The van der Waals surface area contributed by atoms with Gasteiger partial charge in [-0.3, -0.25) is 14.7 Å². The molecule has 7 nitrogen and oxygen atoms in total. The average Bonchev–Trinajstić information content (AvgIpc) is 3.19. The molecule has 4 N–H and O–H groups in total. The Morgan fingerprint density at radius 1 is 1.19 bits per heavy atom. The van der Waals surface area contributed by atoms with Crippen LogP contribution in [-0.4, -0.2) is 41.8 Å². The van der Waals surface area contributed by atoms with E-state index < -0.39 is 5.91 Å². The molecule has 0 bridgehead atoms. The molecule has 1 aliphatic heterocycles. The van der Waals surface area contributed by atoms with Gasteiger partial charge < -0.3 is 15.8 Å². The van der Waals surface area contributed by atoms with E-state index in [0.717, 1.165) is 18.2 Å². The van der Waals surface area contributed by atoms with Gasteiger partial charge in [-0.2, -0.15) is 5.10 Å². The van der Waals surface area contributed by atoms with Crippen LogP contribution in [0, 0.1) is 0 Å². The maximum Gasteiger partial charge on any atom is 0.254 e. The summed E-state index contributed by atoms with van der Waals surface area (Å²) in [5, 5.41) is 9.43. The van der Waals surface area contributed by atoms with Gasteiger partial charge in [0.05, 0.1) is 11.8 Å². The number of aromatic nitrogens is 2. The summed E-state index contributed by atoms with van der Waals surface area (Å²) >= 11 is 5.54. The minimum atomic E-state index is -0.438. The van der Waals surface area contributed by atoms with Crippen LogP contribution < -0.4 is 11.1 Å². The average molecular weight is 381 g/mol. The molecule has 0 unspecified atom stereocenters. The highest BCUT2D eigenvalue weighted by Gasteiger charge is 2.05. The zero-order chi connectivity index (χ0) is 19.0. The highest BCUT2D eigenvalue weighted by Crippen LogP contribution is 2.03. The third kappa shape index (κ3) is 11.2. The largest absolute Gasteiger partial charge is 0.381 e. The van der Waals surface area contributed by atoms with Gasteiger partial charge in [-0.15, -0.1) is 0 Å². The molecule has 2 amide bonds. The number of carbonyl (C=O) groups excluding carboxylic acids is 2. The van der Waals surface area contributed by atoms with E-state index in [0.29, 0.717) is 5.56 Å². The second kappa shape index (κ2) is 13.9. The zero-order valence-corrected chi connectivity index (χ0v) is 15.4. The highest BCUT2D eigenvalue weighted by molar-refractivity contribution is 6.30. The molecular weight excluding hydrogens is 356 g/mol. The Hall–Kier alpha value is -2.38. The van der Waals surface area contributed by atoms with E-state index in [1.165, 1.54) is 31.7 Å². The number of hydrogen-bond acceptors (Lipinski definition) is 4. The summed E-state index contributed by atoms with van der Waals surface area (Å²) in [5.41, 5.74) is 5.32. The van der Waals surface area contributed by atoms with Gasteiger partial charge in [-0.25, -0.2) is 0 Å². The van der Waals surface area contributed by atoms with Crippen LogP contribution in [0.2, 0.25) is 5.02 Å². The first-order valence-electron chi connectivity index (χ1n) is 8.43. The third-order valence-corrected chi connectivity index (χ3v) is 3.48. The van der Waals surface area contributed by atoms with Crippen molar-refractivity contribution >= 4 is 23.4 Å². The van der Waals surface area contributed by atoms with Crippen LogP contribution in [0.1, 0.15) is 36.0 Å². The van der Waals surface area contributed by atoms with Gasteiger partial charge in [-0.05, 0) is 31.4 Å². The van der Waals surface area contributed by atoms with Gasteiger partial charge in [0, 0.05) is 37.4 Å². The molecule has 1 fully saturated rings. The standard InChI is InChI=1S/C7H10N4O2.C6H5Cl.C5H10O/c8-6(12)1-2-9-7(13)5-3-10-11-4-5;7-6-4-2-1-3-5-6;1-2-4-6-5-3-1/h3-4H,1-2H2,(H2,8,12)(H,9,13)(H,10,11);1-5H;1-5H2. The number of nitrogens with one attached hydrogen (secondary N) is 2. The maximum atomic E-state index is 11.2. The number of nitrogens with two attached hydrogens (primary N) is 1. The summed E-state index contributed by atoms with van der Waals surface area (Å²) in [4.78, 5) is 21.5. The van der Waals surface area contributed by atoms with E-state index in [4.69, 9.17) is 22.1 Å². The van der Waals surface area contributed by atoms with Gasteiger partial charge in [-0.1, -0.05) is 29.8 Å². The molecule has 3 rings (SSSR count). The SMILES string of the molecule is C1CCOCC1.Clc1ccccc1.NC(=O)CCNC(=O)c1cn[nH]c1. The smallest absolute Gasteiger partial charge is 0.254 e. The van der Waals surface area contributed by atoms with Crippen LogP contribution in [0.5, 0.6) is 0 Å². The minimum Gasteiger partial charge on any atom is -0.381 e. The van der Waals surface area contributed by atoms with Crippen molar-refractivity contribution in [2.45, 2.75) is 25.7 Å². The molecule has 2 aromatic rings. The van der Waals surface area contributed by atoms with Gasteiger partial charge in [0.2, 0.25) is 5.91 Å². The van der Waals surface area contributed by atoms with E-state index in [2.05, 4.69) is 15.5 Å². The minimum absolute atomic E-state index is 0.142. The lowest BCUT2D eigenvalue weighted by atomic mass is 10.2. The van der Waals surface area contributed by atoms with Crippen molar-refractivity contribution < 1.29 is 14.3 Å². The maximum absolute atomic E-state index is 11.2. The second-order valence-corrected chi connectivity index (χ2v) is 5.86. The zero-order valence-electron chi connectivity index (χ0n) is 14.6. The van der Waals surface area contributed by atoms with Crippen LogP contribution in [-0.2, 0) is 9.53 Å². The lowest BCUT2D eigenvalue weighted by molar-refractivity contribution is -0.117. The number of ether oxygens (including phenoxy) is 1. The van der Waals surface area contributed by atoms with Crippen LogP contribution in [0.15, 0.2) is 42.7 Å². The van der Waals surface area contributed by atoms with E-state index in [9.17, 15) is 9.59 Å². The van der Waals surface area contributed by atoms with Gasteiger partial charge >= 0.3 is 0 Å². The van der Waals surface area contributed by atoms with Crippen LogP contribution in [0.3, 0.4) is 0 Å². The highest BCUT2D eigenvalue weighted by atomic mass is 35.5. The summed E-state index contributed by atoms with van der Waals surface area (Å²) in [6.07, 6.45) is 6.95. The summed E-state index contributed by atoms with van der Waals surface area (Å²) in [6.45, 7) is 2.25. The van der Waals surface area contributed by atoms with Crippen molar-refractivity contribution in [2.75, 3.05) is 19.8 Å². The van der Waals surface area contributed by atoms with E-state index in [1.54, 1.807) is 0 Å². The molecule has 0 radical (unpaired) electrons. The van der Waals surface area contributed by atoms with E-state index >= 15 is 0 Å². The summed E-state index contributed by atoms with van der Waals surface area (Å²) in [6, 6.07) is 9.44. The fourth-order valence-electron chi connectivity index (χ4n) is 1.88. The molecular formula is C18H25ClN4O3. The second-order valence-electron chi connectivity index (χ2n) is 5.43. The fourth-order valence-corrected chi connectivity index (χ4v) is 2.02. The molecule has 0 aliphatic carbocycles. The van der Waals surface area contributed by atoms with Crippen molar-refractivity contribution in [3.63, 3.8) is 0 Å². The summed E-state index contributed by atoms with van der Waals surface area (Å²) in [7, 11) is 0. The molecule has 142 valence electrons. The lowest BCUT2D eigenvalue weighted by Gasteiger charge is -2.08. The molecule has 8 heteroatoms. The lowest BCUT2D eigenvalue weighted by Crippen LogP contribution is -2.27. The Balaban J connectivity index is 0.000000217. The number of benzene rings is 1. The first kappa shape index (κ1) is 21.7. The Labute approximate surface area is 158 Å². The molecule has 26 heavy (non-hydrogen) atoms. The molecule has 0 saturated carbocycles. The van der Waals surface area contributed by atoms with Gasteiger partial charge in [0.15, 0.2) is 0 Å². The van der Waals surface area contributed by atoms with E-state index in [-0.39, 0.29) is 18.9 Å². The fraction of sp³-hybridized carbons (Fsp3) is 0.389. The molecule has 1 aliphatic rings. The number of rotatable bonds is 4. The predicted octanol–water partition coefficient (Wildman–Crippen LogP) is 2.54. The van der Waals surface area contributed by atoms with E-state index in [1.807, 2.05) is 30.3 Å². The summed E-state index contributed by atoms with van der Waals surface area (Å²) in [5.74, 6) is -0.706. The Bertz CT molecular complexity index is 605. The normalized spacial score (nSPS) is 12.7. The van der Waals surface area contributed by atoms with Crippen molar-refractivity contribution in [3.05, 3.63) is 53.3 Å². The van der Waals surface area contributed by atoms with Crippen molar-refractivity contribution in [3.8, 4) is 0 Å². The Morgan fingerprint density at radius 3 is 2.27 bits per heavy atom. The molecule has 1 saturated heterocycles. The number of amides is 2. The van der Waals surface area contributed by atoms with Crippen LogP contribution in [0.25, 0.3) is 0 Å². The van der Waals surface area contributed by atoms with Crippen LogP contribution in [0.4, 0.5) is 0 Å². The molecule has 1 aromatic carbocycles. The Kier molecular flexibility index (Phi) is 11.5. The third-order valence-electron chi connectivity index (χ3n) is 3.23. The predicted molar refractivity (Wildman–Crippen MR) is 101 cm³/mol. The Morgan fingerprint density at radius 2 is 1.88 bits per heavy atom. The van der Waals surface area contributed by atoms with Crippen LogP contribution >= 0.6 is 11.6 Å². The van der Waals surface area contributed by atoms with Gasteiger partial charge in [0.1, 0.15) is 0 Å². The number of halogens is 1. The molecule has 0 spiro atoms. The summed E-state index contributed by atoms with van der Waals surface area (Å²) < 4.78 is 5.07.